The van der Waals surface area contributed by atoms with Crippen LogP contribution in [0.5, 0.6) is 0 Å². The second-order valence-corrected chi connectivity index (χ2v) is 4.34. The van der Waals surface area contributed by atoms with Gasteiger partial charge in [-0.3, -0.25) is 4.98 Å². The SMILES string of the molecule is CCN(CC(C)C)c1ccnc(CCl)c1. The van der Waals surface area contributed by atoms with E-state index in [1.165, 1.54) is 5.69 Å². The smallest absolute Gasteiger partial charge is 0.0648 e. The molecule has 0 atom stereocenters. The van der Waals surface area contributed by atoms with Gasteiger partial charge in [-0.2, -0.15) is 0 Å². The fourth-order valence-electron chi connectivity index (χ4n) is 1.59. The Bertz CT molecular complexity index is 299. The van der Waals surface area contributed by atoms with Gasteiger partial charge >= 0.3 is 0 Å². The standard InChI is InChI=1S/C12H19ClN2/c1-4-15(9-10(2)3)12-5-6-14-11(7-12)8-13/h5-7,10H,4,8-9H2,1-3H3. The third-order valence-corrected chi connectivity index (χ3v) is 2.54. The maximum absolute atomic E-state index is 5.77. The van der Waals surface area contributed by atoms with E-state index < -0.39 is 0 Å². The fourth-order valence-corrected chi connectivity index (χ4v) is 1.74. The minimum absolute atomic E-state index is 0.479. The summed E-state index contributed by atoms with van der Waals surface area (Å²) in [5.41, 5.74) is 2.16. The van der Waals surface area contributed by atoms with Gasteiger partial charge in [-0.25, -0.2) is 0 Å². The van der Waals surface area contributed by atoms with Gasteiger partial charge < -0.3 is 4.90 Å². The van der Waals surface area contributed by atoms with Crippen LogP contribution in [0.4, 0.5) is 5.69 Å². The van der Waals surface area contributed by atoms with Gasteiger partial charge in [-0.05, 0) is 25.0 Å². The molecule has 84 valence electrons. The topological polar surface area (TPSA) is 16.1 Å². The lowest BCUT2D eigenvalue weighted by molar-refractivity contribution is 0.618. The normalized spacial score (nSPS) is 10.7. The van der Waals surface area contributed by atoms with Crippen molar-refractivity contribution < 1.29 is 0 Å². The monoisotopic (exact) mass is 226 g/mol. The van der Waals surface area contributed by atoms with Gasteiger partial charge in [-0.1, -0.05) is 13.8 Å². The van der Waals surface area contributed by atoms with Crippen LogP contribution in [-0.2, 0) is 5.88 Å². The van der Waals surface area contributed by atoms with E-state index in [1.54, 1.807) is 0 Å². The maximum Gasteiger partial charge on any atom is 0.0648 e. The molecule has 1 aromatic rings. The molecule has 0 aromatic carbocycles. The minimum Gasteiger partial charge on any atom is -0.371 e. The lowest BCUT2D eigenvalue weighted by atomic mass is 10.2. The first-order valence-electron chi connectivity index (χ1n) is 5.43. The lowest BCUT2D eigenvalue weighted by Crippen LogP contribution is -2.27. The van der Waals surface area contributed by atoms with Crippen LogP contribution < -0.4 is 4.90 Å². The van der Waals surface area contributed by atoms with Gasteiger partial charge in [0, 0.05) is 25.0 Å². The summed E-state index contributed by atoms with van der Waals surface area (Å²) in [4.78, 5) is 6.54. The van der Waals surface area contributed by atoms with Gasteiger partial charge in [-0.15, -0.1) is 11.6 Å². The second-order valence-electron chi connectivity index (χ2n) is 4.07. The van der Waals surface area contributed by atoms with Crippen LogP contribution >= 0.6 is 11.6 Å². The highest BCUT2D eigenvalue weighted by Crippen LogP contribution is 2.16. The molecule has 15 heavy (non-hydrogen) atoms. The van der Waals surface area contributed by atoms with Crippen molar-refractivity contribution in [1.29, 1.82) is 0 Å². The van der Waals surface area contributed by atoms with Crippen LogP contribution in [0.2, 0.25) is 0 Å². The van der Waals surface area contributed by atoms with Gasteiger partial charge in [0.15, 0.2) is 0 Å². The molecule has 0 aliphatic rings. The van der Waals surface area contributed by atoms with E-state index in [-0.39, 0.29) is 0 Å². The molecule has 2 nitrogen and oxygen atoms in total. The molecule has 0 radical (unpaired) electrons. The summed E-state index contributed by atoms with van der Waals surface area (Å²) in [6.07, 6.45) is 1.83. The van der Waals surface area contributed by atoms with Crippen LogP contribution in [0.3, 0.4) is 0 Å². The number of rotatable bonds is 5. The van der Waals surface area contributed by atoms with E-state index in [2.05, 4.69) is 36.7 Å². The number of pyridine rings is 1. The first-order chi connectivity index (χ1) is 7.17. The van der Waals surface area contributed by atoms with Gasteiger partial charge in [0.25, 0.3) is 0 Å². The van der Waals surface area contributed by atoms with Crippen molar-refractivity contribution in [2.45, 2.75) is 26.7 Å². The summed E-state index contributed by atoms with van der Waals surface area (Å²) in [6.45, 7) is 8.72. The summed E-state index contributed by atoms with van der Waals surface area (Å²) in [7, 11) is 0. The highest BCUT2D eigenvalue weighted by atomic mass is 35.5. The molecular weight excluding hydrogens is 208 g/mol. The predicted molar refractivity (Wildman–Crippen MR) is 66.5 cm³/mol. The Hall–Kier alpha value is -0.760. The van der Waals surface area contributed by atoms with Crippen molar-refractivity contribution in [1.82, 2.24) is 4.98 Å². The van der Waals surface area contributed by atoms with E-state index in [0.717, 1.165) is 18.8 Å². The number of aromatic nitrogens is 1. The molecule has 0 spiro atoms. The number of anilines is 1. The summed E-state index contributed by atoms with van der Waals surface area (Å²) < 4.78 is 0. The summed E-state index contributed by atoms with van der Waals surface area (Å²) in [5.74, 6) is 1.14. The molecule has 1 aromatic heterocycles. The fraction of sp³-hybridized carbons (Fsp3) is 0.583. The first kappa shape index (κ1) is 12.3. The van der Waals surface area contributed by atoms with Gasteiger partial charge in [0.05, 0.1) is 11.6 Å². The molecule has 0 saturated heterocycles. The largest absolute Gasteiger partial charge is 0.371 e. The Morgan fingerprint density at radius 3 is 2.73 bits per heavy atom. The van der Waals surface area contributed by atoms with E-state index in [4.69, 9.17) is 11.6 Å². The molecule has 1 rings (SSSR count). The Morgan fingerprint density at radius 2 is 2.20 bits per heavy atom. The Kier molecular flexibility index (Phi) is 4.89. The molecule has 0 aliphatic carbocycles. The van der Waals surface area contributed by atoms with Gasteiger partial charge in [0.1, 0.15) is 0 Å². The Morgan fingerprint density at radius 1 is 1.47 bits per heavy atom. The molecule has 1 heterocycles. The van der Waals surface area contributed by atoms with Crippen LogP contribution in [-0.4, -0.2) is 18.1 Å². The van der Waals surface area contributed by atoms with Crippen molar-refractivity contribution in [3.8, 4) is 0 Å². The molecular formula is C12H19ClN2. The van der Waals surface area contributed by atoms with Crippen molar-refractivity contribution in [2.75, 3.05) is 18.0 Å². The molecule has 3 heteroatoms. The number of halogens is 1. The summed E-state index contributed by atoms with van der Waals surface area (Å²) in [5, 5.41) is 0. The molecule has 0 aliphatic heterocycles. The van der Waals surface area contributed by atoms with E-state index in [1.807, 2.05) is 12.3 Å². The maximum atomic E-state index is 5.77. The van der Waals surface area contributed by atoms with Crippen molar-refractivity contribution >= 4 is 17.3 Å². The quantitative estimate of drug-likeness (QED) is 0.717. The van der Waals surface area contributed by atoms with Crippen LogP contribution in [0, 0.1) is 5.92 Å². The molecule has 0 fully saturated rings. The molecule has 0 amide bonds. The number of hydrogen-bond donors (Lipinski definition) is 0. The zero-order valence-corrected chi connectivity index (χ0v) is 10.5. The average molecular weight is 227 g/mol. The van der Waals surface area contributed by atoms with Crippen LogP contribution in [0.1, 0.15) is 26.5 Å². The zero-order chi connectivity index (χ0) is 11.3. The first-order valence-corrected chi connectivity index (χ1v) is 5.96. The predicted octanol–water partition coefficient (Wildman–Crippen LogP) is 3.30. The van der Waals surface area contributed by atoms with Crippen molar-refractivity contribution in [3.05, 3.63) is 24.0 Å². The van der Waals surface area contributed by atoms with Crippen LogP contribution in [0.25, 0.3) is 0 Å². The highest BCUT2D eigenvalue weighted by Gasteiger charge is 2.07. The number of nitrogens with zero attached hydrogens (tertiary/aromatic N) is 2. The summed E-state index contributed by atoms with van der Waals surface area (Å²) in [6, 6.07) is 4.11. The van der Waals surface area contributed by atoms with Crippen LogP contribution in [0.15, 0.2) is 18.3 Å². The zero-order valence-electron chi connectivity index (χ0n) is 9.70. The molecule has 0 saturated carbocycles. The molecule has 0 N–H and O–H groups in total. The lowest BCUT2D eigenvalue weighted by Gasteiger charge is -2.25. The minimum atomic E-state index is 0.479. The Labute approximate surface area is 97.3 Å². The molecule has 0 unspecified atom stereocenters. The van der Waals surface area contributed by atoms with E-state index >= 15 is 0 Å². The third-order valence-electron chi connectivity index (χ3n) is 2.27. The number of alkyl halides is 1. The van der Waals surface area contributed by atoms with E-state index in [9.17, 15) is 0 Å². The van der Waals surface area contributed by atoms with E-state index in [0.29, 0.717) is 11.8 Å². The third kappa shape index (κ3) is 3.71. The Balaban J connectivity index is 2.81. The van der Waals surface area contributed by atoms with Crippen molar-refractivity contribution in [2.24, 2.45) is 5.92 Å². The molecule has 0 bridgehead atoms. The number of hydrogen-bond acceptors (Lipinski definition) is 2. The van der Waals surface area contributed by atoms with Gasteiger partial charge in [0.2, 0.25) is 0 Å². The summed E-state index contributed by atoms with van der Waals surface area (Å²) >= 11 is 5.77. The average Bonchev–Trinajstić information content (AvgIpc) is 2.25. The second kappa shape index (κ2) is 5.96. The van der Waals surface area contributed by atoms with Crippen molar-refractivity contribution in [3.63, 3.8) is 0 Å². The highest BCUT2D eigenvalue weighted by molar-refractivity contribution is 6.16.